The summed E-state index contributed by atoms with van der Waals surface area (Å²) in [6.45, 7) is 12.1. The van der Waals surface area contributed by atoms with Crippen molar-refractivity contribution in [2.24, 2.45) is 0 Å². The number of fused-ring (bicyclic) bond motifs is 3. The van der Waals surface area contributed by atoms with E-state index in [1.807, 2.05) is 32.9 Å². The number of aliphatic hydroxyl groups is 1. The average molecular weight is 555 g/mol. The predicted molar refractivity (Wildman–Crippen MR) is 158 cm³/mol. The van der Waals surface area contributed by atoms with Gasteiger partial charge in [0, 0.05) is 67.4 Å². The number of amides is 1. The van der Waals surface area contributed by atoms with Crippen LogP contribution in [-0.2, 0) is 4.74 Å². The largest absolute Gasteiger partial charge is 0.444 e. The summed E-state index contributed by atoms with van der Waals surface area (Å²) < 4.78 is 5.57. The van der Waals surface area contributed by atoms with Crippen LogP contribution in [0.15, 0.2) is 65.2 Å². The Bertz CT molecular complexity index is 1510. The first-order valence-corrected chi connectivity index (χ1v) is 14.4. The number of nitriles is 1. The molecule has 9 nitrogen and oxygen atoms in total. The van der Waals surface area contributed by atoms with Crippen molar-refractivity contribution in [1.29, 1.82) is 5.26 Å². The summed E-state index contributed by atoms with van der Waals surface area (Å²) in [7, 11) is 0. The Hall–Kier alpha value is -4.03. The maximum absolute atomic E-state index is 12.7. The maximum atomic E-state index is 12.7. The molecule has 2 fully saturated rings. The highest BCUT2D eigenvalue weighted by Crippen LogP contribution is 2.41. The van der Waals surface area contributed by atoms with E-state index in [4.69, 9.17) is 4.74 Å². The summed E-state index contributed by atoms with van der Waals surface area (Å²) in [6, 6.07) is 10.4. The van der Waals surface area contributed by atoms with E-state index in [0.29, 0.717) is 31.2 Å². The summed E-state index contributed by atoms with van der Waals surface area (Å²) in [5.74, 6) is 0. The molecule has 214 valence electrons. The van der Waals surface area contributed by atoms with Gasteiger partial charge in [0.25, 0.3) is 0 Å². The molecule has 2 atom stereocenters. The molecule has 0 spiro atoms. The number of nitrogens with zero attached hydrogens (tertiary/aromatic N) is 6. The van der Waals surface area contributed by atoms with Gasteiger partial charge in [-0.25, -0.2) is 4.79 Å². The average Bonchev–Trinajstić information content (AvgIpc) is 3.33. The fourth-order valence-corrected chi connectivity index (χ4v) is 6.58. The third-order valence-corrected chi connectivity index (χ3v) is 8.50. The Balaban J connectivity index is 1.22. The van der Waals surface area contributed by atoms with Crippen molar-refractivity contribution in [2.45, 2.75) is 51.8 Å². The predicted octanol–water partition coefficient (Wildman–Crippen LogP) is 4.01. The lowest BCUT2D eigenvalue weighted by Crippen LogP contribution is -2.56. The van der Waals surface area contributed by atoms with Crippen LogP contribution in [0.5, 0.6) is 0 Å². The topological polar surface area (TPSA) is 96.2 Å². The summed E-state index contributed by atoms with van der Waals surface area (Å²) in [5, 5.41) is 20.8. The number of pyridine rings is 1. The molecule has 3 aliphatic heterocycles. The van der Waals surface area contributed by atoms with Crippen molar-refractivity contribution in [1.82, 2.24) is 19.7 Å². The van der Waals surface area contributed by atoms with Gasteiger partial charge >= 0.3 is 6.09 Å². The quantitative estimate of drug-likeness (QED) is 0.608. The van der Waals surface area contributed by atoms with Gasteiger partial charge in [-0.2, -0.15) is 5.26 Å². The van der Waals surface area contributed by atoms with Crippen LogP contribution in [-0.4, -0.2) is 94.4 Å². The molecule has 1 aromatic carbocycles. The number of rotatable bonds is 3. The highest BCUT2D eigenvalue weighted by Gasteiger charge is 2.38. The third-order valence-electron chi connectivity index (χ3n) is 8.50. The molecule has 9 heteroatoms. The number of aliphatic hydroxyl groups excluding tert-OH is 1. The van der Waals surface area contributed by atoms with Gasteiger partial charge in [-0.1, -0.05) is 6.08 Å². The second-order valence-corrected chi connectivity index (χ2v) is 12.4. The van der Waals surface area contributed by atoms with Crippen LogP contribution >= 0.6 is 0 Å². The highest BCUT2D eigenvalue weighted by atomic mass is 16.6. The minimum absolute atomic E-state index is 0.0285. The lowest BCUT2D eigenvalue weighted by molar-refractivity contribution is 0.00292. The fourth-order valence-electron chi connectivity index (χ4n) is 6.58. The molecule has 1 amide bonds. The monoisotopic (exact) mass is 554 g/mol. The molecule has 2 saturated heterocycles. The standard InChI is InChI=1S/C32H38N6O3/c1-21-16-36(28-10-7-22(15-33)30-27(28)6-5-11-34-30)19-29-26-9-8-24(14-23(26)17-38(21)29)37-13-12-35(18-25(37)20-39)31(40)41-32(2,3)4/h5-8,10-11,14,21,25,39H,9,12-13,16-20H2,1-4H3/t21-,25-/m1/s1. The Kier molecular flexibility index (Phi) is 6.90. The zero-order chi connectivity index (χ0) is 28.9. The number of aromatic nitrogens is 1. The number of piperazine rings is 2. The van der Waals surface area contributed by atoms with Crippen LogP contribution < -0.4 is 4.90 Å². The minimum Gasteiger partial charge on any atom is -0.444 e. The van der Waals surface area contributed by atoms with E-state index in [2.05, 4.69) is 57.0 Å². The van der Waals surface area contributed by atoms with Gasteiger partial charge in [0.15, 0.2) is 0 Å². The number of ether oxygens (including phenoxy) is 1. The minimum atomic E-state index is -0.547. The number of anilines is 1. The SMILES string of the molecule is C[C@@H]1CN(c2ccc(C#N)c3ncccc23)CC2=C3CC=C(N4CCN(C(=O)OC(C)(C)C)C[C@@H]4CO)C=C3CN21. The van der Waals surface area contributed by atoms with Gasteiger partial charge in [0.05, 0.1) is 30.3 Å². The van der Waals surface area contributed by atoms with Crippen molar-refractivity contribution in [2.75, 3.05) is 50.8 Å². The molecular formula is C32H38N6O3. The molecule has 41 heavy (non-hydrogen) atoms. The third kappa shape index (κ3) is 5.02. The summed E-state index contributed by atoms with van der Waals surface area (Å²) in [4.78, 5) is 26.1. The molecule has 2 aromatic rings. The first-order chi connectivity index (χ1) is 19.7. The van der Waals surface area contributed by atoms with Crippen molar-refractivity contribution in [3.8, 4) is 6.07 Å². The van der Waals surface area contributed by atoms with Gasteiger partial charge < -0.3 is 29.4 Å². The number of carbonyl (C=O) groups excluding carboxylic acids is 1. The van der Waals surface area contributed by atoms with E-state index in [0.717, 1.165) is 48.3 Å². The Morgan fingerprint density at radius 2 is 2.00 bits per heavy atom. The van der Waals surface area contributed by atoms with Gasteiger partial charge in [-0.15, -0.1) is 0 Å². The molecule has 1 aromatic heterocycles. The van der Waals surface area contributed by atoms with Crippen LogP contribution in [0, 0.1) is 11.3 Å². The maximum Gasteiger partial charge on any atom is 0.410 e. The van der Waals surface area contributed by atoms with Crippen molar-refractivity contribution in [3.63, 3.8) is 0 Å². The number of hydrogen-bond donors (Lipinski definition) is 1. The number of carbonyl (C=O) groups is 1. The molecule has 1 N–H and O–H groups in total. The molecule has 4 aliphatic rings. The summed E-state index contributed by atoms with van der Waals surface area (Å²) in [6.07, 6.45) is 6.82. The zero-order valence-electron chi connectivity index (χ0n) is 24.3. The number of allylic oxidation sites excluding steroid dienone is 2. The second kappa shape index (κ2) is 10.4. The van der Waals surface area contributed by atoms with E-state index in [9.17, 15) is 15.2 Å². The fraction of sp³-hybridized carbons (Fsp3) is 0.469. The highest BCUT2D eigenvalue weighted by molar-refractivity contribution is 5.95. The van der Waals surface area contributed by atoms with Crippen LogP contribution in [0.1, 0.15) is 39.7 Å². The molecule has 1 aliphatic carbocycles. The van der Waals surface area contributed by atoms with Gasteiger partial charge in [-0.05, 0) is 75.6 Å². The van der Waals surface area contributed by atoms with Gasteiger partial charge in [0.1, 0.15) is 11.7 Å². The molecule has 0 unspecified atom stereocenters. The first kappa shape index (κ1) is 27.2. The molecule has 4 heterocycles. The molecule has 0 radical (unpaired) electrons. The van der Waals surface area contributed by atoms with Crippen LogP contribution in [0.4, 0.5) is 10.5 Å². The van der Waals surface area contributed by atoms with Gasteiger partial charge in [-0.3, -0.25) is 4.98 Å². The molecule has 6 rings (SSSR count). The Morgan fingerprint density at radius 1 is 1.17 bits per heavy atom. The van der Waals surface area contributed by atoms with E-state index >= 15 is 0 Å². The summed E-state index contributed by atoms with van der Waals surface area (Å²) >= 11 is 0. The van der Waals surface area contributed by atoms with Crippen molar-refractivity contribution in [3.05, 3.63) is 70.7 Å². The second-order valence-electron chi connectivity index (χ2n) is 12.4. The lowest BCUT2D eigenvalue weighted by atomic mass is 9.95. The van der Waals surface area contributed by atoms with Crippen molar-refractivity contribution >= 4 is 22.7 Å². The molecular weight excluding hydrogens is 516 g/mol. The smallest absolute Gasteiger partial charge is 0.410 e. The number of hydrogen-bond acceptors (Lipinski definition) is 8. The van der Waals surface area contributed by atoms with Crippen LogP contribution in [0.3, 0.4) is 0 Å². The van der Waals surface area contributed by atoms with Crippen molar-refractivity contribution < 1.29 is 14.6 Å². The Morgan fingerprint density at radius 3 is 2.76 bits per heavy atom. The Labute approximate surface area is 241 Å². The molecule has 0 saturated carbocycles. The van der Waals surface area contributed by atoms with Gasteiger partial charge in [0.2, 0.25) is 0 Å². The summed E-state index contributed by atoms with van der Waals surface area (Å²) in [5.41, 5.74) is 7.13. The van der Waals surface area contributed by atoms with E-state index < -0.39 is 5.60 Å². The molecule has 0 bridgehead atoms. The number of benzene rings is 1. The first-order valence-electron chi connectivity index (χ1n) is 14.4. The normalized spacial score (nSPS) is 22.7. The van der Waals surface area contributed by atoms with E-state index in [1.54, 1.807) is 11.1 Å². The zero-order valence-corrected chi connectivity index (χ0v) is 24.3. The van der Waals surface area contributed by atoms with Crippen LogP contribution in [0.2, 0.25) is 0 Å². The van der Waals surface area contributed by atoms with E-state index in [1.165, 1.54) is 16.8 Å². The van der Waals surface area contributed by atoms with Crippen LogP contribution in [0.25, 0.3) is 10.9 Å². The van der Waals surface area contributed by atoms with E-state index in [-0.39, 0.29) is 18.7 Å². The lowest BCUT2D eigenvalue weighted by Gasteiger charge is -2.43.